The fourth-order valence-electron chi connectivity index (χ4n) is 3.73. The van der Waals surface area contributed by atoms with E-state index in [1.54, 1.807) is 6.20 Å². The second-order valence-corrected chi connectivity index (χ2v) is 7.79. The third-order valence-corrected chi connectivity index (χ3v) is 5.57. The van der Waals surface area contributed by atoms with Gasteiger partial charge in [-0.3, -0.25) is 9.69 Å². The topological polar surface area (TPSA) is 89.7 Å². The summed E-state index contributed by atoms with van der Waals surface area (Å²) in [5.74, 6) is 1.34. The first-order chi connectivity index (χ1) is 14.6. The Morgan fingerprint density at radius 1 is 1.30 bits per heavy atom. The van der Waals surface area contributed by atoms with Crippen molar-refractivity contribution in [3.05, 3.63) is 59.8 Å². The lowest BCUT2D eigenvalue weighted by Gasteiger charge is -2.37. The van der Waals surface area contributed by atoms with E-state index in [1.807, 2.05) is 36.4 Å². The second-order valence-electron chi connectivity index (χ2n) is 7.79. The molecule has 0 unspecified atom stereocenters. The van der Waals surface area contributed by atoms with Crippen LogP contribution in [-0.4, -0.2) is 48.1 Å². The molecule has 158 valence electrons. The van der Waals surface area contributed by atoms with E-state index in [0.717, 1.165) is 42.1 Å². The zero-order chi connectivity index (χ0) is 20.9. The van der Waals surface area contributed by atoms with Crippen LogP contribution >= 0.6 is 0 Å². The monoisotopic (exact) mass is 408 g/mol. The normalized spacial score (nSPS) is 22.0. The summed E-state index contributed by atoms with van der Waals surface area (Å²) in [6.07, 6.45) is 7.28. The number of hydrogen-bond donors (Lipinski definition) is 2. The van der Waals surface area contributed by atoms with Gasteiger partial charge in [0.2, 0.25) is 5.91 Å². The molecule has 4 rings (SSSR count). The quantitative estimate of drug-likeness (QED) is 0.715. The van der Waals surface area contributed by atoms with E-state index in [-0.39, 0.29) is 12.0 Å². The highest BCUT2D eigenvalue weighted by molar-refractivity contribution is 5.94. The minimum atomic E-state index is 0.00431. The first-order valence-electron chi connectivity index (χ1n) is 10.4. The maximum Gasteiger partial charge on any atom is 0.224 e. The first kappa shape index (κ1) is 20.4. The number of nitrogen functional groups attached to an aromatic ring is 1. The van der Waals surface area contributed by atoms with Crippen molar-refractivity contribution >= 4 is 17.4 Å². The van der Waals surface area contributed by atoms with E-state index >= 15 is 0 Å². The number of nitrogens with two attached hydrogens (primary N) is 1. The van der Waals surface area contributed by atoms with Gasteiger partial charge in [-0.2, -0.15) is 0 Å². The predicted molar refractivity (Wildman–Crippen MR) is 116 cm³/mol. The zero-order valence-electron chi connectivity index (χ0n) is 17.2. The van der Waals surface area contributed by atoms with Crippen molar-refractivity contribution in [3.63, 3.8) is 0 Å². The molecule has 0 radical (unpaired) electrons. The van der Waals surface area contributed by atoms with Crippen molar-refractivity contribution in [2.24, 2.45) is 0 Å². The van der Waals surface area contributed by atoms with Crippen molar-refractivity contribution in [3.8, 4) is 5.75 Å². The number of nitrogens with one attached hydrogen (secondary N) is 1. The van der Waals surface area contributed by atoms with Gasteiger partial charge in [0.15, 0.2) is 0 Å². The van der Waals surface area contributed by atoms with Gasteiger partial charge in [-0.1, -0.05) is 24.3 Å². The number of pyridine rings is 1. The molecule has 2 atom stereocenters. The van der Waals surface area contributed by atoms with Gasteiger partial charge in [-0.05, 0) is 31.0 Å². The average molecular weight is 409 g/mol. The molecule has 1 aromatic carbocycles. The molecule has 3 heterocycles. The SMILES string of the molecule is C[C@H]1CO[C@H](c2ccc(N)nc2)CN1C/C=C/COc1ccc2c(c1)NC(=O)CC2. The lowest BCUT2D eigenvalue weighted by Crippen LogP contribution is -2.45. The van der Waals surface area contributed by atoms with Crippen LogP contribution < -0.4 is 15.8 Å². The van der Waals surface area contributed by atoms with Crippen LogP contribution in [0.15, 0.2) is 48.7 Å². The molecule has 0 spiro atoms. The van der Waals surface area contributed by atoms with Crippen LogP contribution in [0.1, 0.15) is 30.6 Å². The van der Waals surface area contributed by atoms with E-state index in [1.165, 1.54) is 0 Å². The molecule has 0 bridgehead atoms. The molecule has 30 heavy (non-hydrogen) atoms. The number of carbonyl (C=O) groups is 1. The molecule has 0 aliphatic carbocycles. The summed E-state index contributed by atoms with van der Waals surface area (Å²) in [5, 5.41) is 2.90. The van der Waals surface area contributed by atoms with Gasteiger partial charge in [0.25, 0.3) is 0 Å². The highest BCUT2D eigenvalue weighted by Gasteiger charge is 2.26. The number of aryl methyl sites for hydroxylation is 1. The Balaban J connectivity index is 1.27. The lowest BCUT2D eigenvalue weighted by atomic mass is 10.0. The van der Waals surface area contributed by atoms with Crippen molar-refractivity contribution < 1.29 is 14.3 Å². The Kier molecular flexibility index (Phi) is 6.30. The molecule has 2 aliphatic rings. The van der Waals surface area contributed by atoms with Gasteiger partial charge in [-0.15, -0.1) is 0 Å². The summed E-state index contributed by atoms with van der Waals surface area (Å²) in [7, 11) is 0. The Bertz CT molecular complexity index is 913. The molecule has 2 aliphatic heterocycles. The number of morpholine rings is 1. The molecule has 2 aromatic rings. The zero-order valence-corrected chi connectivity index (χ0v) is 17.2. The molecule has 1 amide bonds. The maximum atomic E-state index is 11.6. The van der Waals surface area contributed by atoms with Gasteiger partial charge in [0.1, 0.15) is 18.2 Å². The number of rotatable bonds is 6. The maximum absolute atomic E-state index is 11.6. The van der Waals surface area contributed by atoms with E-state index in [4.69, 9.17) is 15.2 Å². The van der Waals surface area contributed by atoms with E-state index in [9.17, 15) is 4.79 Å². The number of benzene rings is 1. The Morgan fingerprint density at radius 3 is 3.03 bits per heavy atom. The average Bonchev–Trinajstić information content (AvgIpc) is 2.75. The van der Waals surface area contributed by atoms with Crippen LogP contribution in [0.3, 0.4) is 0 Å². The second kappa shape index (κ2) is 9.28. The molecule has 1 aromatic heterocycles. The van der Waals surface area contributed by atoms with Crippen LogP contribution in [0.5, 0.6) is 5.75 Å². The van der Waals surface area contributed by atoms with Gasteiger partial charge in [-0.25, -0.2) is 4.98 Å². The Hall–Kier alpha value is -2.90. The van der Waals surface area contributed by atoms with Crippen molar-refractivity contribution in [1.29, 1.82) is 0 Å². The van der Waals surface area contributed by atoms with Crippen LogP contribution in [0.4, 0.5) is 11.5 Å². The fourth-order valence-corrected chi connectivity index (χ4v) is 3.73. The van der Waals surface area contributed by atoms with Gasteiger partial charge in [0.05, 0.1) is 12.7 Å². The lowest BCUT2D eigenvalue weighted by molar-refractivity contribution is -0.116. The molecule has 3 N–H and O–H groups in total. The number of anilines is 2. The minimum absolute atomic E-state index is 0.00431. The molecule has 7 heteroatoms. The standard InChI is InChI=1S/C23H28N4O3/c1-16-15-30-21(18-5-8-22(24)25-13-18)14-27(16)10-2-3-11-29-19-7-4-17-6-9-23(28)26-20(17)12-19/h2-5,7-8,12-13,16,21H,6,9-11,14-15H2,1H3,(H2,24,25)(H,26,28)/b3-2+/t16-,21-/m0/s1. The highest BCUT2D eigenvalue weighted by atomic mass is 16.5. The number of ether oxygens (including phenoxy) is 2. The van der Waals surface area contributed by atoms with E-state index in [0.29, 0.717) is 31.5 Å². The van der Waals surface area contributed by atoms with Crippen LogP contribution in [0.2, 0.25) is 0 Å². The van der Waals surface area contributed by atoms with Crippen LogP contribution in [0, 0.1) is 0 Å². The van der Waals surface area contributed by atoms with Gasteiger partial charge >= 0.3 is 0 Å². The summed E-state index contributed by atoms with van der Waals surface area (Å²) >= 11 is 0. The van der Waals surface area contributed by atoms with E-state index < -0.39 is 0 Å². The van der Waals surface area contributed by atoms with Gasteiger partial charge < -0.3 is 20.5 Å². The van der Waals surface area contributed by atoms with Gasteiger partial charge in [0, 0.05) is 49.1 Å². The third-order valence-electron chi connectivity index (χ3n) is 5.57. The molecular formula is C23H28N4O3. The molecule has 1 fully saturated rings. The molecule has 1 saturated heterocycles. The number of fused-ring (bicyclic) bond motifs is 1. The summed E-state index contributed by atoms with van der Waals surface area (Å²) < 4.78 is 11.8. The van der Waals surface area contributed by atoms with Crippen molar-refractivity contribution in [2.75, 3.05) is 37.4 Å². The Morgan fingerprint density at radius 2 is 2.20 bits per heavy atom. The summed E-state index contributed by atoms with van der Waals surface area (Å²) in [6, 6.07) is 10.0. The molecule has 7 nitrogen and oxygen atoms in total. The first-order valence-corrected chi connectivity index (χ1v) is 10.4. The van der Waals surface area contributed by atoms with E-state index in [2.05, 4.69) is 28.2 Å². The number of amides is 1. The smallest absolute Gasteiger partial charge is 0.224 e. The van der Waals surface area contributed by atoms with Crippen LogP contribution in [0.25, 0.3) is 0 Å². The number of hydrogen-bond acceptors (Lipinski definition) is 6. The largest absolute Gasteiger partial charge is 0.489 e. The third kappa shape index (κ3) is 4.98. The summed E-state index contributed by atoms with van der Waals surface area (Å²) in [4.78, 5) is 18.1. The Labute approximate surface area is 176 Å². The molecule has 0 saturated carbocycles. The highest BCUT2D eigenvalue weighted by Crippen LogP contribution is 2.27. The molecular weight excluding hydrogens is 380 g/mol. The summed E-state index contributed by atoms with van der Waals surface area (Å²) in [6.45, 7) is 4.97. The minimum Gasteiger partial charge on any atom is -0.489 e. The summed E-state index contributed by atoms with van der Waals surface area (Å²) in [5.41, 5.74) is 8.75. The predicted octanol–water partition coefficient (Wildman–Crippen LogP) is 2.95. The van der Waals surface area contributed by atoms with Crippen molar-refractivity contribution in [1.82, 2.24) is 9.88 Å². The number of carbonyl (C=O) groups excluding carboxylic acids is 1. The number of nitrogens with zero attached hydrogens (tertiary/aromatic N) is 2. The number of aromatic nitrogens is 1. The fraction of sp³-hybridized carbons (Fsp3) is 0.391. The van der Waals surface area contributed by atoms with Crippen LogP contribution in [-0.2, 0) is 16.0 Å². The van der Waals surface area contributed by atoms with Crippen molar-refractivity contribution in [2.45, 2.75) is 31.9 Å².